The molecule has 0 aromatic carbocycles. The highest BCUT2D eigenvalue weighted by atomic mass is 28.4. The number of aliphatic hydroxyl groups is 1. The Kier molecular flexibility index (Phi) is 6.09. The first kappa shape index (κ1) is 21.8. The van der Waals surface area contributed by atoms with Gasteiger partial charge >= 0.3 is 0 Å². The third-order valence-electron chi connectivity index (χ3n) is 5.68. The van der Waals surface area contributed by atoms with Gasteiger partial charge in [0.1, 0.15) is 18.7 Å². The van der Waals surface area contributed by atoms with Crippen LogP contribution in [0, 0.1) is 0 Å². The SMILES string of the molecule is CN(C)/C=N/c1ncnc2c1ncn2[C@H]1C[C@H](O)[C@@H](CO[Si](C)(C)C(C)(C)C)O1. The van der Waals surface area contributed by atoms with Crippen molar-refractivity contribution >= 4 is 31.6 Å². The van der Waals surface area contributed by atoms with E-state index in [9.17, 15) is 5.11 Å². The molecule has 0 bridgehead atoms. The molecular formula is C19H32N6O3Si. The van der Waals surface area contributed by atoms with E-state index in [1.807, 2.05) is 23.6 Å². The first-order valence-electron chi connectivity index (χ1n) is 9.85. The molecule has 0 radical (unpaired) electrons. The lowest BCUT2D eigenvalue weighted by atomic mass is 10.2. The fourth-order valence-corrected chi connectivity index (χ4v) is 3.87. The lowest BCUT2D eigenvalue weighted by Crippen LogP contribution is -2.43. The van der Waals surface area contributed by atoms with E-state index in [1.54, 1.807) is 12.7 Å². The van der Waals surface area contributed by atoms with Crippen LogP contribution in [0.1, 0.15) is 33.4 Å². The Morgan fingerprint density at radius 1 is 1.34 bits per heavy atom. The summed E-state index contributed by atoms with van der Waals surface area (Å²) < 4.78 is 14.2. The van der Waals surface area contributed by atoms with Gasteiger partial charge in [0.05, 0.1) is 25.4 Å². The molecule has 1 N–H and O–H groups in total. The molecule has 9 nitrogen and oxygen atoms in total. The summed E-state index contributed by atoms with van der Waals surface area (Å²) in [6.07, 6.45) is 3.93. The number of hydrogen-bond donors (Lipinski definition) is 1. The average Bonchev–Trinajstić information content (AvgIpc) is 3.20. The number of aliphatic hydroxyl groups excluding tert-OH is 1. The van der Waals surface area contributed by atoms with Crippen molar-refractivity contribution in [3.63, 3.8) is 0 Å². The van der Waals surface area contributed by atoms with Gasteiger partial charge in [-0.25, -0.2) is 19.9 Å². The molecule has 1 aliphatic heterocycles. The van der Waals surface area contributed by atoms with Crippen LogP contribution >= 0.6 is 0 Å². The molecule has 0 aliphatic carbocycles. The van der Waals surface area contributed by atoms with Crippen molar-refractivity contribution in [3.05, 3.63) is 12.7 Å². The highest BCUT2D eigenvalue weighted by Crippen LogP contribution is 2.38. The number of fused-ring (bicyclic) bond motifs is 1. The van der Waals surface area contributed by atoms with Gasteiger partial charge in [0, 0.05) is 20.5 Å². The molecular weight excluding hydrogens is 388 g/mol. The zero-order valence-corrected chi connectivity index (χ0v) is 19.3. The Labute approximate surface area is 172 Å². The van der Waals surface area contributed by atoms with E-state index in [0.717, 1.165) is 0 Å². The fourth-order valence-electron chi connectivity index (χ4n) is 2.86. The van der Waals surface area contributed by atoms with Crippen molar-refractivity contribution in [1.82, 2.24) is 24.4 Å². The molecule has 0 amide bonds. The van der Waals surface area contributed by atoms with Crippen molar-refractivity contribution < 1.29 is 14.3 Å². The highest BCUT2D eigenvalue weighted by molar-refractivity contribution is 6.74. The van der Waals surface area contributed by atoms with Gasteiger partial charge in [0.2, 0.25) is 0 Å². The van der Waals surface area contributed by atoms with Crippen molar-refractivity contribution in [3.8, 4) is 0 Å². The van der Waals surface area contributed by atoms with Gasteiger partial charge in [-0.3, -0.25) is 4.57 Å². The second kappa shape index (κ2) is 8.09. The summed E-state index contributed by atoms with van der Waals surface area (Å²) in [5, 5.41) is 10.7. The smallest absolute Gasteiger partial charge is 0.192 e. The van der Waals surface area contributed by atoms with Crippen molar-refractivity contribution in [2.45, 2.75) is 63.8 Å². The van der Waals surface area contributed by atoms with Gasteiger partial charge in [0.15, 0.2) is 25.3 Å². The molecule has 3 rings (SSSR count). The first-order chi connectivity index (χ1) is 13.5. The van der Waals surface area contributed by atoms with Crippen LogP contribution in [0.15, 0.2) is 17.6 Å². The molecule has 0 saturated carbocycles. The van der Waals surface area contributed by atoms with E-state index >= 15 is 0 Å². The molecule has 1 fully saturated rings. The van der Waals surface area contributed by atoms with E-state index < -0.39 is 14.4 Å². The minimum absolute atomic E-state index is 0.108. The molecule has 0 spiro atoms. The molecule has 1 saturated heterocycles. The molecule has 1 aliphatic rings. The van der Waals surface area contributed by atoms with Crippen LogP contribution in [-0.2, 0) is 9.16 Å². The molecule has 3 heterocycles. The van der Waals surface area contributed by atoms with Gasteiger partial charge in [-0.2, -0.15) is 0 Å². The van der Waals surface area contributed by atoms with E-state index in [0.29, 0.717) is 30.0 Å². The van der Waals surface area contributed by atoms with Gasteiger partial charge in [0.25, 0.3) is 0 Å². The van der Waals surface area contributed by atoms with Gasteiger partial charge < -0.3 is 19.2 Å². The number of aromatic nitrogens is 4. The van der Waals surface area contributed by atoms with Crippen LogP contribution < -0.4 is 0 Å². The predicted molar refractivity (Wildman–Crippen MR) is 115 cm³/mol. The Hall–Kier alpha value is -1.88. The minimum atomic E-state index is -1.91. The molecule has 2 aromatic rings. The topological polar surface area (TPSA) is 97.9 Å². The number of nitrogens with zero attached hydrogens (tertiary/aromatic N) is 6. The first-order valence-corrected chi connectivity index (χ1v) is 12.8. The summed E-state index contributed by atoms with van der Waals surface area (Å²) in [5.41, 5.74) is 1.23. The quantitative estimate of drug-likeness (QED) is 0.436. The standard InChI is InChI=1S/C19H32N6O3Si/c1-19(2,3)29(6,7)27-9-14-13(26)8-15(28-14)25-12-22-16-17(23-11-24(4)5)20-10-21-18(16)25/h10-15,26H,8-9H2,1-7H3/b23-11+/t13-,14+,15+/m0/s1. The maximum Gasteiger partial charge on any atom is 0.192 e. The molecule has 0 unspecified atom stereocenters. The summed E-state index contributed by atoms with van der Waals surface area (Å²) in [5.74, 6) is 0.499. The number of ether oxygens (including phenoxy) is 1. The van der Waals surface area contributed by atoms with Gasteiger partial charge in [-0.15, -0.1) is 0 Å². The van der Waals surface area contributed by atoms with Crippen LogP contribution in [0.25, 0.3) is 11.2 Å². The van der Waals surface area contributed by atoms with Crippen LogP contribution in [0.5, 0.6) is 0 Å². The van der Waals surface area contributed by atoms with Crippen LogP contribution in [0.2, 0.25) is 18.1 Å². The van der Waals surface area contributed by atoms with E-state index in [1.165, 1.54) is 6.33 Å². The number of hydrogen-bond acceptors (Lipinski definition) is 7. The highest BCUT2D eigenvalue weighted by Gasteiger charge is 2.41. The Morgan fingerprint density at radius 3 is 2.72 bits per heavy atom. The maximum absolute atomic E-state index is 10.5. The van der Waals surface area contributed by atoms with Gasteiger partial charge in [-0.05, 0) is 18.1 Å². The monoisotopic (exact) mass is 420 g/mol. The largest absolute Gasteiger partial charge is 0.414 e. The number of imidazole rings is 1. The van der Waals surface area contributed by atoms with Crippen molar-refractivity contribution in [2.75, 3.05) is 20.7 Å². The van der Waals surface area contributed by atoms with Crippen molar-refractivity contribution in [2.24, 2.45) is 4.99 Å². The van der Waals surface area contributed by atoms with E-state index in [2.05, 4.69) is 53.8 Å². The van der Waals surface area contributed by atoms with Gasteiger partial charge in [-0.1, -0.05) is 20.8 Å². The number of rotatable bonds is 6. The maximum atomic E-state index is 10.5. The molecule has 29 heavy (non-hydrogen) atoms. The van der Waals surface area contributed by atoms with Crippen LogP contribution in [0.4, 0.5) is 5.82 Å². The second-order valence-corrected chi connectivity index (χ2v) is 14.0. The average molecular weight is 421 g/mol. The summed E-state index contributed by atoms with van der Waals surface area (Å²) >= 11 is 0. The summed E-state index contributed by atoms with van der Waals surface area (Å²) in [6, 6.07) is 0. The fraction of sp³-hybridized carbons (Fsp3) is 0.684. The lowest BCUT2D eigenvalue weighted by Gasteiger charge is -2.37. The van der Waals surface area contributed by atoms with E-state index in [-0.39, 0.29) is 17.4 Å². The van der Waals surface area contributed by atoms with Crippen molar-refractivity contribution in [1.29, 1.82) is 0 Å². The third-order valence-corrected chi connectivity index (χ3v) is 10.2. The Morgan fingerprint density at radius 2 is 2.07 bits per heavy atom. The Balaban J connectivity index is 1.76. The predicted octanol–water partition coefficient (Wildman–Crippen LogP) is 2.72. The molecule has 3 atom stereocenters. The Bertz CT molecular complexity index is 876. The molecule has 160 valence electrons. The second-order valence-electron chi connectivity index (χ2n) is 9.23. The minimum Gasteiger partial charge on any atom is -0.414 e. The zero-order chi connectivity index (χ0) is 21.4. The number of aliphatic imine (C=N–C) groups is 1. The van der Waals surface area contributed by atoms with Crippen LogP contribution in [0.3, 0.4) is 0 Å². The van der Waals surface area contributed by atoms with E-state index in [4.69, 9.17) is 9.16 Å². The normalized spacial score (nSPS) is 23.4. The molecule has 2 aromatic heterocycles. The molecule has 10 heteroatoms. The third kappa shape index (κ3) is 4.66. The summed E-state index contributed by atoms with van der Waals surface area (Å²) in [6.45, 7) is 11.4. The lowest BCUT2D eigenvalue weighted by molar-refractivity contribution is -0.0405. The van der Waals surface area contributed by atoms with Crippen LogP contribution in [-0.4, -0.2) is 77.1 Å². The summed E-state index contributed by atoms with van der Waals surface area (Å²) in [7, 11) is 1.87. The summed E-state index contributed by atoms with van der Waals surface area (Å²) in [4.78, 5) is 19.2. The zero-order valence-electron chi connectivity index (χ0n) is 18.3.